The number of halogens is 1. The molecule has 0 saturated carbocycles. The lowest BCUT2D eigenvalue weighted by molar-refractivity contribution is -0.118. The molecule has 2 N–H and O–H groups in total. The second kappa shape index (κ2) is 3.77. The molecule has 2 aromatic rings. The van der Waals surface area contributed by atoms with Crippen molar-refractivity contribution in [2.45, 2.75) is 6.54 Å². The zero-order valence-corrected chi connectivity index (χ0v) is 8.31. The molecule has 1 aromatic heterocycles. The summed E-state index contributed by atoms with van der Waals surface area (Å²) < 4.78 is 14.2. The first-order chi connectivity index (χ1) is 7.58. The van der Waals surface area contributed by atoms with Crippen molar-refractivity contribution in [3.8, 4) is 0 Å². The minimum absolute atomic E-state index is 0.250. The average Bonchev–Trinajstić information content (AvgIpc) is 2.22. The smallest absolute Gasteiger partial charge is 0.251 e. The Morgan fingerprint density at radius 1 is 1.31 bits per heavy atom. The van der Waals surface area contributed by atoms with Crippen LogP contribution in [-0.4, -0.2) is 10.5 Å². The van der Waals surface area contributed by atoms with Crippen LogP contribution in [0.2, 0.25) is 0 Å². The molecule has 16 heavy (non-hydrogen) atoms. The number of carbonyl (C=O) groups excluding carboxylic acids is 1. The fraction of sp³-hybridized carbons (Fsp3) is 0.0909. The predicted octanol–water partition coefficient (Wildman–Crippen LogP) is 0.626. The normalized spacial score (nSPS) is 10.6. The van der Waals surface area contributed by atoms with Crippen molar-refractivity contribution in [1.82, 2.24) is 4.57 Å². The van der Waals surface area contributed by atoms with E-state index in [1.165, 1.54) is 18.2 Å². The number of fused-ring (bicyclic) bond motifs is 1. The van der Waals surface area contributed by atoms with Gasteiger partial charge in [0.25, 0.3) is 5.56 Å². The summed E-state index contributed by atoms with van der Waals surface area (Å²) in [4.78, 5) is 22.3. The summed E-state index contributed by atoms with van der Waals surface area (Å²) in [5, 5.41) is 0.683. The van der Waals surface area contributed by atoms with Crippen molar-refractivity contribution in [2.24, 2.45) is 5.73 Å². The number of aromatic nitrogens is 1. The highest BCUT2D eigenvalue weighted by molar-refractivity contribution is 5.81. The second-order valence-corrected chi connectivity index (χ2v) is 3.43. The number of carbonyl (C=O) groups is 1. The van der Waals surface area contributed by atoms with Gasteiger partial charge in [-0.05, 0) is 29.7 Å². The number of rotatable bonds is 2. The van der Waals surface area contributed by atoms with Crippen LogP contribution in [-0.2, 0) is 11.3 Å². The van der Waals surface area contributed by atoms with E-state index in [1.54, 1.807) is 12.1 Å². The van der Waals surface area contributed by atoms with Crippen LogP contribution in [0.3, 0.4) is 0 Å². The van der Waals surface area contributed by atoms with Gasteiger partial charge >= 0.3 is 0 Å². The van der Waals surface area contributed by atoms with Gasteiger partial charge in [0.1, 0.15) is 12.4 Å². The lowest BCUT2D eigenvalue weighted by atomic mass is 10.2. The largest absolute Gasteiger partial charge is 0.368 e. The Morgan fingerprint density at radius 3 is 2.69 bits per heavy atom. The number of amides is 1. The van der Waals surface area contributed by atoms with Gasteiger partial charge in [0.15, 0.2) is 0 Å². The third-order valence-corrected chi connectivity index (χ3v) is 2.27. The van der Waals surface area contributed by atoms with Crippen LogP contribution in [0.1, 0.15) is 0 Å². The van der Waals surface area contributed by atoms with Crippen LogP contribution in [0.5, 0.6) is 0 Å². The number of nitrogens with zero attached hydrogens (tertiary/aromatic N) is 1. The molecule has 82 valence electrons. The van der Waals surface area contributed by atoms with Crippen LogP contribution in [0.15, 0.2) is 35.1 Å². The summed E-state index contributed by atoms with van der Waals surface area (Å²) in [7, 11) is 0. The van der Waals surface area contributed by atoms with Crippen LogP contribution in [0.25, 0.3) is 10.9 Å². The van der Waals surface area contributed by atoms with Gasteiger partial charge in [0.05, 0.1) is 5.52 Å². The van der Waals surface area contributed by atoms with Crippen molar-refractivity contribution >= 4 is 16.8 Å². The maximum absolute atomic E-state index is 13.1. The number of hydrogen-bond donors (Lipinski definition) is 1. The molecule has 0 saturated heterocycles. The second-order valence-electron chi connectivity index (χ2n) is 3.43. The molecular weight excluding hydrogens is 211 g/mol. The third-order valence-electron chi connectivity index (χ3n) is 2.27. The van der Waals surface area contributed by atoms with E-state index in [0.29, 0.717) is 10.9 Å². The summed E-state index contributed by atoms with van der Waals surface area (Å²) in [6.07, 6.45) is 0. The Balaban J connectivity index is 2.77. The van der Waals surface area contributed by atoms with Crippen molar-refractivity contribution in [1.29, 1.82) is 0 Å². The molecule has 2 rings (SSSR count). The lowest BCUT2D eigenvalue weighted by Crippen LogP contribution is -2.27. The van der Waals surface area contributed by atoms with Gasteiger partial charge in [-0.3, -0.25) is 14.2 Å². The van der Waals surface area contributed by atoms with Crippen LogP contribution in [0.4, 0.5) is 4.39 Å². The molecular formula is C11H9FN2O2. The Hall–Kier alpha value is -2.17. The van der Waals surface area contributed by atoms with Gasteiger partial charge in [0.2, 0.25) is 5.91 Å². The highest BCUT2D eigenvalue weighted by atomic mass is 19.1. The Kier molecular flexibility index (Phi) is 2.44. The molecule has 0 aliphatic carbocycles. The zero-order valence-electron chi connectivity index (χ0n) is 8.31. The number of primary amides is 1. The van der Waals surface area contributed by atoms with Crippen molar-refractivity contribution in [3.05, 3.63) is 46.5 Å². The molecule has 0 radical (unpaired) electrons. The molecule has 0 fully saturated rings. The van der Waals surface area contributed by atoms with Gasteiger partial charge in [-0.1, -0.05) is 0 Å². The average molecular weight is 220 g/mol. The van der Waals surface area contributed by atoms with Crippen molar-refractivity contribution < 1.29 is 9.18 Å². The summed E-state index contributed by atoms with van der Waals surface area (Å²) in [6, 6.07) is 6.94. The third kappa shape index (κ3) is 1.79. The fourth-order valence-electron chi connectivity index (χ4n) is 1.58. The van der Waals surface area contributed by atoms with Gasteiger partial charge < -0.3 is 5.73 Å². The highest BCUT2D eigenvalue weighted by Gasteiger charge is 2.06. The van der Waals surface area contributed by atoms with E-state index in [0.717, 1.165) is 4.57 Å². The summed E-state index contributed by atoms with van der Waals surface area (Å²) in [5.74, 6) is -1.10. The van der Waals surface area contributed by atoms with E-state index in [2.05, 4.69) is 0 Å². The minimum Gasteiger partial charge on any atom is -0.368 e. The summed E-state index contributed by atoms with van der Waals surface area (Å²) in [5.41, 5.74) is 5.02. The topological polar surface area (TPSA) is 65.1 Å². The van der Waals surface area contributed by atoms with E-state index >= 15 is 0 Å². The van der Waals surface area contributed by atoms with Crippen molar-refractivity contribution in [3.63, 3.8) is 0 Å². The highest BCUT2D eigenvalue weighted by Crippen LogP contribution is 2.13. The Morgan fingerprint density at radius 2 is 2.00 bits per heavy atom. The van der Waals surface area contributed by atoms with E-state index in [4.69, 9.17) is 5.73 Å². The first-order valence-corrected chi connectivity index (χ1v) is 4.65. The summed E-state index contributed by atoms with van der Waals surface area (Å²) in [6.45, 7) is -0.250. The Bertz CT molecular complexity index is 619. The first-order valence-electron chi connectivity index (χ1n) is 4.65. The molecule has 1 amide bonds. The molecule has 0 aliphatic heterocycles. The Labute approximate surface area is 90.1 Å². The van der Waals surface area contributed by atoms with Gasteiger partial charge in [-0.2, -0.15) is 0 Å². The number of benzene rings is 1. The van der Waals surface area contributed by atoms with Gasteiger partial charge in [-0.25, -0.2) is 4.39 Å². The molecule has 0 aliphatic rings. The van der Waals surface area contributed by atoms with E-state index < -0.39 is 11.7 Å². The molecule has 0 spiro atoms. The fourth-order valence-corrected chi connectivity index (χ4v) is 1.58. The molecule has 1 aromatic carbocycles. The molecule has 0 bridgehead atoms. The molecule has 0 atom stereocenters. The molecule has 1 heterocycles. The van der Waals surface area contributed by atoms with Gasteiger partial charge in [0, 0.05) is 6.07 Å². The van der Waals surface area contributed by atoms with Crippen LogP contribution >= 0.6 is 0 Å². The van der Waals surface area contributed by atoms with Crippen molar-refractivity contribution in [2.75, 3.05) is 0 Å². The standard InChI is InChI=1S/C11H9FN2O2/c12-8-3-1-7-2-4-11(16)14(6-10(13)15)9(7)5-8/h1-5H,6H2,(H2,13,15). The molecule has 0 unspecified atom stereocenters. The SMILES string of the molecule is NC(=O)Cn1c(=O)ccc2ccc(F)cc21. The minimum atomic E-state index is -0.640. The number of nitrogens with two attached hydrogens (primary N) is 1. The molecule has 5 heteroatoms. The maximum Gasteiger partial charge on any atom is 0.251 e. The van der Waals surface area contributed by atoms with Crippen LogP contribution in [0, 0.1) is 5.82 Å². The van der Waals surface area contributed by atoms with E-state index in [1.807, 2.05) is 0 Å². The van der Waals surface area contributed by atoms with E-state index in [9.17, 15) is 14.0 Å². The molecule has 4 nitrogen and oxygen atoms in total. The maximum atomic E-state index is 13.1. The quantitative estimate of drug-likeness (QED) is 0.806. The summed E-state index contributed by atoms with van der Waals surface area (Å²) >= 11 is 0. The lowest BCUT2D eigenvalue weighted by Gasteiger charge is -2.07. The van der Waals surface area contributed by atoms with Crippen LogP contribution < -0.4 is 11.3 Å². The predicted molar refractivity (Wildman–Crippen MR) is 57.4 cm³/mol. The zero-order chi connectivity index (χ0) is 11.7. The monoisotopic (exact) mass is 220 g/mol. The van der Waals surface area contributed by atoms with Gasteiger partial charge in [-0.15, -0.1) is 0 Å². The first kappa shape index (κ1) is 10.4. The van der Waals surface area contributed by atoms with E-state index in [-0.39, 0.29) is 12.1 Å². The number of pyridine rings is 1. The number of hydrogen-bond acceptors (Lipinski definition) is 2.